The first-order valence-electron chi connectivity index (χ1n) is 8.48. The highest BCUT2D eigenvalue weighted by Crippen LogP contribution is 2.22. The van der Waals surface area contributed by atoms with Crippen molar-refractivity contribution in [2.45, 2.75) is 6.92 Å². The number of aromatic nitrogens is 2. The third kappa shape index (κ3) is 4.17. The molecule has 3 aromatic rings. The molecule has 27 heavy (non-hydrogen) atoms. The second-order valence-corrected chi connectivity index (χ2v) is 6.32. The predicted octanol–water partition coefficient (Wildman–Crippen LogP) is 3.74. The third-order valence-corrected chi connectivity index (χ3v) is 4.32. The Balaban J connectivity index is 1.82. The molecule has 7 heteroatoms. The van der Waals surface area contributed by atoms with E-state index in [9.17, 15) is 9.59 Å². The Hall–Kier alpha value is -3.12. The maximum atomic E-state index is 12.6. The largest absolute Gasteiger partial charge is 0.352 e. The van der Waals surface area contributed by atoms with Crippen LogP contribution in [-0.2, 0) is 7.05 Å². The molecule has 1 aromatic heterocycles. The van der Waals surface area contributed by atoms with Gasteiger partial charge in [0.1, 0.15) is 0 Å². The van der Waals surface area contributed by atoms with Crippen molar-refractivity contribution < 1.29 is 9.59 Å². The fraction of sp³-hybridized carbons (Fsp3) is 0.150. The van der Waals surface area contributed by atoms with Crippen molar-refractivity contribution in [1.29, 1.82) is 0 Å². The smallest absolute Gasteiger partial charge is 0.276 e. The normalized spacial score (nSPS) is 10.5. The van der Waals surface area contributed by atoms with Crippen LogP contribution in [-0.4, -0.2) is 28.1 Å². The van der Waals surface area contributed by atoms with Crippen LogP contribution in [0.4, 0.5) is 5.69 Å². The number of carbonyl (C=O) groups excluding carboxylic acids is 2. The minimum Gasteiger partial charge on any atom is -0.352 e. The fourth-order valence-corrected chi connectivity index (χ4v) is 2.89. The molecule has 6 nitrogen and oxygen atoms in total. The Bertz CT molecular complexity index is 983. The number of amides is 2. The molecular weight excluding hydrogens is 364 g/mol. The van der Waals surface area contributed by atoms with Crippen LogP contribution in [0.15, 0.2) is 54.6 Å². The molecule has 2 amide bonds. The van der Waals surface area contributed by atoms with Gasteiger partial charge in [-0.25, -0.2) is 0 Å². The summed E-state index contributed by atoms with van der Waals surface area (Å²) >= 11 is 6.08. The summed E-state index contributed by atoms with van der Waals surface area (Å²) in [6.45, 7) is 2.31. The lowest BCUT2D eigenvalue weighted by atomic mass is 10.1. The predicted molar refractivity (Wildman–Crippen MR) is 106 cm³/mol. The molecule has 0 aliphatic heterocycles. The van der Waals surface area contributed by atoms with Crippen molar-refractivity contribution in [3.63, 3.8) is 0 Å². The summed E-state index contributed by atoms with van der Waals surface area (Å²) in [6.07, 6.45) is 0. The van der Waals surface area contributed by atoms with Gasteiger partial charge in [-0.2, -0.15) is 5.10 Å². The molecule has 1 heterocycles. The van der Waals surface area contributed by atoms with E-state index in [1.807, 2.05) is 37.3 Å². The highest BCUT2D eigenvalue weighted by molar-refractivity contribution is 6.34. The van der Waals surface area contributed by atoms with Gasteiger partial charge in [0, 0.05) is 19.3 Å². The summed E-state index contributed by atoms with van der Waals surface area (Å²) in [5.74, 6) is -0.653. The van der Waals surface area contributed by atoms with Crippen LogP contribution < -0.4 is 10.6 Å². The van der Waals surface area contributed by atoms with Crippen molar-refractivity contribution >= 4 is 29.1 Å². The molecule has 3 rings (SSSR count). The van der Waals surface area contributed by atoms with Crippen LogP contribution in [0.3, 0.4) is 0 Å². The zero-order valence-electron chi connectivity index (χ0n) is 15.0. The highest BCUT2D eigenvalue weighted by atomic mass is 35.5. The zero-order valence-corrected chi connectivity index (χ0v) is 15.7. The Morgan fingerprint density at radius 1 is 1.07 bits per heavy atom. The van der Waals surface area contributed by atoms with Gasteiger partial charge in [0.15, 0.2) is 5.69 Å². The molecule has 2 N–H and O–H groups in total. The molecule has 0 saturated heterocycles. The monoisotopic (exact) mass is 382 g/mol. The summed E-state index contributed by atoms with van der Waals surface area (Å²) in [4.78, 5) is 24.6. The molecule has 0 spiro atoms. The van der Waals surface area contributed by atoms with Crippen LogP contribution in [0.2, 0.25) is 5.02 Å². The number of rotatable bonds is 5. The van der Waals surface area contributed by atoms with Crippen LogP contribution >= 0.6 is 11.6 Å². The van der Waals surface area contributed by atoms with Gasteiger partial charge in [-0.1, -0.05) is 41.9 Å². The molecule has 0 radical (unpaired) electrons. The van der Waals surface area contributed by atoms with Crippen molar-refractivity contribution in [1.82, 2.24) is 15.1 Å². The number of anilines is 1. The van der Waals surface area contributed by atoms with E-state index in [0.29, 0.717) is 22.8 Å². The average Bonchev–Trinajstić information content (AvgIpc) is 3.06. The molecule has 0 fully saturated rings. The molecule has 0 aliphatic carbocycles. The van der Waals surface area contributed by atoms with Gasteiger partial charge in [-0.3, -0.25) is 14.3 Å². The van der Waals surface area contributed by atoms with Gasteiger partial charge in [0.25, 0.3) is 11.8 Å². The average molecular weight is 383 g/mol. The lowest BCUT2D eigenvalue weighted by Crippen LogP contribution is -2.23. The molecule has 0 bridgehead atoms. The highest BCUT2D eigenvalue weighted by Gasteiger charge is 2.16. The molecule has 2 aromatic carbocycles. The standard InChI is InChI=1S/C20H19ClN4O2/c1-3-22-19(26)15-11-14(9-10-16(15)21)23-20(27)17-12-18(25(2)24-17)13-7-5-4-6-8-13/h4-12H,3H2,1-2H3,(H,22,26)(H,23,27). The van der Waals surface area contributed by atoms with E-state index in [2.05, 4.69) is 15.7 Å². The lowest BCUT2D eigenvalue weighted by molar-refractivity contribution is 0.0954. The van der Waals surface area contributed by atoms with E-state index in [1.165, 1.54) is 0 Å². The summed E-state index contributed by atoms with van der Waals surface area (Å²) in [5, 5.41) is 10.1. The summed E-state index contributed by atoms with van der Waals surface area (Å²) in [7, 11) is 1.79. The van der Waals surface area contributed by atoms with Crippen LogP contribution in [0.25, 0.3) is 11.3 Å². The van der Waals surface area contributed by atoms with Crippen LogP contribution in [0, 0.1) is 0 Å². The van der Waals surface area contributed by atoms with E-state index >= 15 is 0 Å². The number of aryl methyl sites for hydroxylation is 1. The van der Waals surface area contributed by atoms with Crippen LogP contribution in [0.5, 0.6) is 0 Å². The first kappa shape index (κ1) is 18.7. The molecule has 138 valence electrons. The molecule has 0 atom stereocenters. The van der Waals surface area contributed by atoms with E-state index in [0.717, 1.165) is 11.3 Å². The summed E-state index contributed by atoms with van der Waals surface area (Å²) in [5.41, 5.74) is 2.86. The van der Waals surface area contributed by atoms with E-state index in [-0.39, 0.29) is 17.5 Å². The van der Waals surface area contributed by atoms with Crippen molar-refractivity contribution in [2.75, 3.05) is 11.9 Å². The topological polar surface area (TPSA) is 76.0 Å². The van der Waals surface area contributed by atoms with Crippen LogP contribution in [0.1, 0.15) is 27.8 Å². The number of nitrogens with one attached hydrogen (secondary N) is 2. The minimum absolute atomic E-state index is 0.283. The first-order chi connectivity index (χ1) is 13.0. The molecule has 0 unspecified atom stereocenters. The Kier molecular flexibility index (Phi) is 5.57. The Morgan fingerprint density at radius 3 is 2.52 bits per heavy atom. The number of halogens is 1. The van der Waals surface area contributed by atoms with E-state index in [4.69, 9.17) is 11.6 Å². The molecule has 0 aliphatic rings. The van der Waals surface area contributed by atoms with Gasteiger partial charge in [-0.15, -0.1) is 0 Å². The summed E-state index contributed by atoms with van der Waals surface area (Å²) < 4.78 is 1.66. The van der Waals surface area contributed by atoms with Gasteiger partial charge >= 0.3 is 0 Å². The van der Waals surface area contributed by atoms with Gasteiger partial charge < -0.3 is 10.6 Å². The quantitative estimate of drug-likeness (QED) is 0.705. The van der Waals surface area contributed by atoms with E-state index in [1.54, 1.807) is 36.0 Å². The van der Waals surface area contributed by atoms with Crippen molar-refractivity contribution in [3.05, 3.63) is 70.9 Å². The zero-order chi connectivity index (χ0) is 19.4. The lowest BCUT2D eigenvalue weighted by Gasteiger charge is -2.08. The Labute approximate surface area is 162 Å². The molecular formula is C20H19ClN4O2. The Morgan fingerprint density at radius 2 is 1.81 bits per heavy atom. The summed E-state index contributed by atoms with van der Waals surface area (Å²) in [6, 6.07) is 16.2. The molecule has 0 saturated carbocycles. The van der Waals surface area contributed by atoms with Gasteiger partial charge in [-0.05, 0) is 36.8 Å². The number of hydrogen-bond acceptors (Lipinski definition) is 3. The first-order valence-corrected chi connectivity index (χ1v) is 8.86. The second kappa shape index (κ2) is 8.05. The number of nitrogens with zero attached hydrogens (tertiary/aromatic N) is 2. The van der Waals surface area contributed by atoms with Gasteiger partial charge in [0.2, 0.25) is 0 Å². The SMILES string of the molecule is CCNC(=O)c1cc(NC(=O)c2cc(-c3ccccc3)n(C)n2)ccc1Cl. The third-order valence-electron chi connectivity index (χ3n) is 3.99. The fourth-order valence-electron chi connectivity index (χ4n) is 2.69. The number of benzene rings is 2. The number of carbonyl (C=O) groups is 2. The van der Waals surface area contributed by atoms with Crippen molar-refractivity contribution in [2.24, 2.45) is 7.05 Å². The maximum Gasteiger partial charge on any atom is 0.276 e. The van der Waals surface area contributed by atoms with Gasteiger partial charge in [0.05, 0.1) is 16.3 Å². The number of hydrogen-bond donors (Lipinski definition) is 2. The minimum atomic E-state index is -0.364. The van der Waals surface area contributed by atoms with E-state index < -0.39 is 0 Å². The second-order valence-electron chi connectivity index (χ2n) is 5.91. The van der Waals surface area contributed by atoms with Crippen molar-refractivity contribution in [3.8, 4) is 11.3 Å². The maximum absolute atomic E-state index is 12.6.